The van der Waals surface area contributed by atoms with Gasteiger partial charge < -0.3 is 15.8 Å². The highest BCUT2D eigenvalue weighted by molar-refractivity contribution is 7.90. The van der Waals surface area contributed by atoms with Gasteiger partial charge in [-0.2, -0.15) is 0 Å². The first-order valence-corrected chi connectivity index (χ1v) is 10.1. The van der Waals surface area contributed by atoms with Gasteiger partial charge in [0, 0.05) is 18.4 Å². The van der Waals surface area contributed by atoms with Crippen LogP contribution in [0.4, 0.5) is 0 Å². The molecule has 8 heteroatoms. The van der Waals surface area contributed by atoms with Gasteiger partial charge in [0.25, 0.3) is 0 Å². The molecule has 0 bridgehead atoms. The normalized spacial score (nSPS) is 13.8. The number of nitrogens with two attached hydrogens (primary N) is 1. The average Bonchev–Trinajstić information content (AvgIpc) is 2.60. The number of nitrogens with one attached hydrogen (secondary N) is 1. The predicted octanol–water partition coefficient (Wildman–Crippen LogP) is 1.92. The van der Waals surface area contributed by atoms with Crippen LogP contribution in [0.5, 0.6) is 0 Å². The second kappa shape index (κ2) is 8.64. The van der Waals surface area contributed by atoms with Gasteiger partial charge in [-0.1, -0.05) is 35.9 Å². The standard InChI is InChI=1S/C18H21ClN2O4S/c1-25-11-16(20)18(22)21-17(12-6-8-14(19)9-7-12)13-4-3-5-15(10-13)26(2,23)24/h3-10,16-17H,11,20H2,1-2H3,(H,21,22). The Morgan fingerprint density at radius 2 is 1.85 bits per heavy atom. The van der Waals surface area contributed by atoms with E-state index in [1.54, 1.807) is 36.4 Å². The molecular weight excluding hydrogens is 376 g/mol. The molecule has 2 atom stereocenters. The maximum Gasteiger partial charge on any atom is 0.240 e. The van der Waals surface area contributed by atoms with E-state index in [0.29, 0.717) is 10.6 Å². The molecule has 1 amide bonds. The van der Waals surface area contributed by atoms with Gasteiger partial charge in [0.05, 0.1) is 17.5 Å². The number of halogens is 1. The molecule has 0 aliphatic rings. The summed E-state index contributed by atoms with van der Waals surface area (Å²) in [6, 6.07) is 11.9. The summed E-state index contributed by atoms with van der Waals surface area (Å²) < 4.78 is 28.6. The highest BCUT2D eigenvalue weighted by atomic mass is 35.5. The zero-order valence-corrected chi connectivity index (χ0v) is 16.0. The van der Waals surface area contributed by atoms with E-state index in [0.717, 1.165) is 11.8 Å². The van der Waals surface area contributed by atoms with Gasteiger partial charge in [-0.15, -0.1) is 0 Å². The minimum Gasteiger partial charge on any atom is -0.383 e. The summed E-state index contributed by atoms with van der Waals surface area (Å²) in [6.07, 6.45) is 1.14. The fourth-order valence-corrected chi connectivity index (χ4v) is 3.25. The van der Waals surface area contributed by atoms with Gasteiger partial charge in [-0.05, 0) is 35.4 Å². The zero-order valence-electron chi connectivity index (χ0n) is 14.5. The Bertz CT molecular complexity index is 869. The van der Waals surface area contributed by atoms with E-state index in [2.05, 4.69) is 5.32 Å². The molecule has 0 saturated heterocycles. The predicted molar refractivity (Wildman–Crippen MR) is 101 cm³/mol. The lowest BCUT2D eigenvalue weighted by Crippen LogP contribution is -2.45. The molecule has 0 spiro atoms. The van der Waals surface area contributed by atoms with Crippen molar-refractivity contribution >= 4 is 27.3 Å². The third kappa shape index (κ3) is 5.28. The van der Waals surface area contributed by atoms with Crippen LogP contribution in [0.1, 0.15) is 17.2 Å². The monoisotopic (exact) mass is 396 g/mol. The van der Waals surface area contributed by atoms with E-state index in [4.69, 9.17) is 22.1 Å². The van der Waals surface area contributed by atoms with E-state index in [9.17, 15) is 13.2 Å². The molecule has 0 heterocycles. The summed E-state index contributed by atoms with van der Waals surface area (Å²) in [6.45, 7) is 0.0720. The topological polar surface area (TPSA) is 98.5 Å². The number of hydrogen-bond donors (Lipinski definition) is 2. The second-order valence-electron chi connectivity index (χ2n) is 5.90. The molecule has 0 radical (unpaired) electrons. The maximum absolute atomic E-state index is 12.4. The van der Waals surface area contributed by atoms with Crippen LogP contribution in [0.15, 0.2) is 53.4 Å². The molecule has 2 aromatic carbocycles. The maximum atomic E-state index is 12.4. The van der Waals surface area contributed by atoms with Crippen LogP contribution in [-0.2, 0) is 19.4 Å². The van der Waals surface area contributed by atoms with Gasteiger partial charge in [-0.25, -0.2) is 8.42 Å². The van der Waals surface area contributed by atoms with Gasteiger partial charge in [0.1, 0.15) is 6.04 Å². The Hall–Kier alpha value is -1.93. The number of amides is 1. The van der Waals surface area contributed by atoms with Crippen molar-refractivity contribution in [3.63, 3.8) is 0 Å². The average molecular weight is 397 g/mol. The zero-order chi connectivity index (χ0) is 19.3. The smallest absolute Gasteiger partial charge is 0.240 e. The van der Waals surface area contributed by atoms with Crippen molar-refractivity contribution in [1.29, 1.82) is 0 Å². The minimum absolute atomic E-state index is 0.0720. The number of carbonyl (C=O) groups excluding carboxylic acids is 1. The molecule has 0 fully saturated rings. The van der Waals surface area contributed by atoms with Gasteiger partial charge >= 0.3 is 0 Å². The lowest BCUT2D eigenvalue weighted by Gasteiger charge is -2.22. The van der Waals surface area contributed by atoms with Crippen molar-refractivity contribution in [2.24, 2.45) is 5.73 Å². The number of sulfone groups is 1. The molecule has 26 heavy (non-hydrogen) atoms. The molecule has 2 aromatic rings. The molecular formula is C18H21ClN2O4S. The van der Waals surface area contributed by atoms with Crippen LogP contribution in [0.3, 0.4) is 0 Å². The summed E-state index contributed by atoms with van der Waals surface area (Å²) in [4.78, 5) is 12.5. The van der Waals surface area contributed by atoms with Crippen molar-refractivity contribution in [3.8, 4) is 0 Å². The van der Waals surface area contributed by atoms with Crippen LogP contribution in [0, 0.1) is 0 Å². The van der Waals surface area contributed by atoms with Gasteiger partial charge in [-0.3, -0.25) is 4.79 Å². The summed E-state index contributed by atoms with van der Waals surface area (Å²) in [5, 5.41) is 3.41. The summed E-state index contributed by atoms with van der Waals surface area (Å²) >= 11 is 5.94. The lowest BCUT2D eigenvalue weighted by molar-refractivity contribution is -0.123. The van der Waals surface area contributed by atoms with Crippen molar-refractivity contribution in [2.45, 2.75) is 17.0 Å². The molecule has 6 nitrogen and oxygen atoms in total. The molecule has 0 saturated carbocycles. The summed E-state index contributed by atoms with van der Waals surface area (Å²) in [5.41, 5.74) is 7.17. The van der Waals surface area contributed by atoms with E-state index >= 15 is 0 Å². The quantitative estimate of drug-likeness (QED) is 0.745. The fraction of sp³-hybridized carbons (Fsp3) is 0.278. The Morgan fingerprint density at radius 1 is 1.19 bits per heavy atom. The van der Waals surface area contributed by atoms with E-state index in [1.165, 1.54) is 19.2 Å². The summed E-state index contributed by atoms with van der Waals surface area (Å²) in [5.74, 6) is -0.406. The van der Waals surface area contributed by atoms with Gasteiger partial charge in [0.15, 0.2) is 9.84 Å². The van der Waals surface area contributed by atoms with Crippen molar-refractivity contribution in [1.82, 2.24) is 5.32 Å². The van der Waals surface area contributed by atoms with Crippen LogP contribution in [0.2, 0.25) is 5.02 Å². The number of benzene rings is 2. The van der Waals surface area contributed by atoms with Gasteiger partial charge in [0.2, 0.25) is 5.91 Å². The Labute approximate surface area is 158 Å². The van der Waals surface area contributed by atoms with Crippen LogP contribution < -0.4 is 11.1 Å². The highest BCUT2D eigenvalue weighted by Gasteiger charge is 2.22. The first-order chi connectivity index (χ1) is 12.2. The molecule has 0 aromatic heterocycles. The van der Waals surface area contributed by atoms with Crippen molar-refractivity contribution < 1.29 is 17.9 Å². The van der Waals surface area contributed by atoms with E-state index in [1.807, 2.05) is 0 Å². The molecule has 140 valence electrons. The number of rotatable bonds is 7. The van der Waals surface area contributed by atoms with Crippen LogP contribution >= 0.6 is 11.6 Å². The second-order valence-corrected chi connectivity index (χ2v) is 8.35. The molecule has 2 rings (SSSR count). The Morgan fingerprint density at radius 3 is 2.42 bits per heavy atom. The number of hydrogen-bond acceptors (Lipinski definition) is 5. The Balaban J connectivity index is 2.44. The first-order valence-electron chi connectivity index (χ1n) is 7.82. The van der Waals surface area contributed by atoms with E-state index in [-0.39, 0.29) is 11.5 Å². The van der Waals surface area contributed by atoms with Crippen LogP contribution in [0.25, 0.3) is 0 Å². The number of methoxy groups -OCH3 is 1. The third-order valence-corrected chi connectivity index (χ3v) is 5.15. The molecule has 0 aliphatic heterocycles. The number of carbonyl (C=O) groups is 1. The molecule has 2 unspecified atom stereocenters. The first kappa shape index (κ1) is 20.4. The Kier molecular flexibility index (Phi) is 6.77. The van der Waals surface area contributed by atoms with Crippen LogP contribution in [-0.4, -0.2) is 40.3 Å². The van der Waals surface area contributed by atoms with Crippen molar-refractivity contribution in [2.75, 3.05) is 20.0 Å². The minimum atomic E-state index is -3.38. The molecule has 0 aliphatic carbocycles. The molecule has 3 N–H and O–H groups in total. The number of ether oxygens (including phenoxy) is 1. The third-order valence-electron chi connectivity index (χ3n) is 3.79. The summed E-state index contributed by atoms with van der Waals surface area (Å²) in [7, 11) is -1.92. The van der Waals surface area contributed by atoms with Crippen molar-refractivity contribution in [3.05, 3.63) is 64.7 Å². The largest absolute Gasteiger partial charge is 0.383 e. The highest BCUT2D eigenvalue weighted by Crippen LogP contribution is 2.25. The fourth-order valence-electron chi connectivity index (χ4n) is 2.44. The van der Waals surface area contributed by atoms with E-state index < -0.39 is 27.8 Å². The SMILES string of the molecule is COCC(N)C(=O)NC(c1ccc(Cl)cc1)c1cccc(S(C)(=O)=O)c1. The lowest BCUT2D eigenvalue weighted by atomic mass is 9.98.